The van der Waals surface area contributed by atoms with Gasteiger partial charge in [0.25, 0.3) is 0 Å². The van der Waals surface area contributed by atoms with Crippen LogP contribution < -0.4 is 0 Å². The molecule has 0 atom stereocenters. The number of halogens is 1. The Bertz CT molecular complexity index is 831. The number of carboxylic acid groups (broad SMARTS) is 1. The topological polar surface area (TPSA) is 66.3 Å². The average Bonchev–Trinajstić information content (AvgIpc) is 2.65. The van der Waals surface area contributed by atoms with Crippen LogP contribution in [0.3, 0.4) is 0 Å². The predicted octanol–water partition coefficient (Wildman–Crippen LogP) is 4.14. The van der Waals surface area contributed by atoms with E-state index in [-0.39, 0.29) is 0 Å². The Balaban J connectivity index is 1.89. The van der Waals surface area contributed by atoms with Crippen molar-refractivity contribution in [2.45, 2.75) is 19.6 Å². The van der Waals surface area contributed by atoms with Crippen molar-refractivity contribution in [3.63, 3.8) is 0 Å². The predicted molar refractivity (Wildman–Crippen MR) is 103 cm³/mol. The molecule has 0 spiro atoms. The van der Waals surface area contributed by atoms with Gasteiger partial charge in [0.1, 0.15) is 0 Å². The third-order valence-corrected chi connectivity index (χ3v) is 4.70. The van der Waals surface area contributed by atoms with Crippen LogP contribution in [0.5, 0.6) is 0 Å². The van der Waals surface area contributed by atoms with E-state index in [1.165, 1.54) is 0 Å². The summed E-state index contributed by atoms with van der Waals surface area (Å²) in [5, 5.41) is 9.52. The van der Waals surface area contributed by atoms with Crippen molar-refractivity contribution >= 4 is 21.9 Å². The molecule has 0 radical (unpaired) electrons. The molecule has 0 aliphatic rings. The summed E-state index contributed by atoms with van der Waals surface area (Å²) in [6, 6.07) is 16.8. The van der Waals surface area contributed by atoms with Crippen molar-refractivity contribution in [1.29, 1.82) is 0 Å². The largest absolute Gasteiger partial charge is 0.478 e. The molecule has 0 saturated carbocycles. The fraction of sp³-hybridized carbons (Fsp3) is 0.150. The highest BCUT2D eigenvalue weighted by Gasteiger charge is 2.17. The summed E-state index contributed by atoms with van der Waals surface area (Å²) in [5.74, 6) is -0.933. The molecule has 3 aromatic rings. The van der Waals surface area contributed by atoms with E-state index in [4.69, 9.17) is 0 Å². The minimum Gasteiger partial charge on any atom is -0.478 e. The average molecular weight is 412 g/mol. The molecule has 6 heteroatoms. The maximum Gasteiger partial charge on any atom is 0.336 e. The van der Waals surface area contributed by atoms with Crippen LogP contribution in [0, 0.1) is 0 Å². The first kappa shape index (κ1) is 18.2. The number of rotatable bonds is 7. The molecule has 1 N–H and O–H groups in total. The van der Waals surface area contributed by atoms with Gasteiger partial charge in [0.15, 0.2) is 0 Å². The second-order valence-electron chi connectivity index (χ2n) is 5.86. The Hall–Kier alpha value is -2.57. The molecule has 0 aliphatic heterocycles. The van der Waals surface area contributed by atoms with Gasteiger partial charge in [0, 0.05) is 36.5 Å². The number of nitrogens with zero attached hydrogens (tertiary/aromatic N) is 3. The van der Waals surface area contributed by atoms with Crippen LogP contribution in [0.2, 0.25) is 0 Å². The van der Waals surface area contributed by atoms with Crippen LogP contribution in [-0.4, -0.2) is 25.9 Å². The van der Waals surface area contributed by atoms with Gasteiger partial charge in [0.2, 0.25) is 0 Å². The maximum atomic E-state index is 11.6. The number of pyridine rings is 2. The van der Waals surface area contributed by atoms with E-state index in [0.29, 0.717) is 25.2 Å². The molecule has 0 bridgehead atoms. The molecule has 0 aliphatic carbocycles. The van der Waals surface area contributed by atoms with E-state index in [1.807, 2.05) is 42.5 Å². The lowest BCUT2D eigenvalue weighted by molar-refractivity contribution is 0.0694. The van der Waals surface area contributed by atoms with E-state index in [9.17, 15) is 9.90 Å². The summed E-state index contributed by atoms with van der Waals surface area (Å²) < 4.78 is 0.782. The Labute approximate surface area is 160 Å². The molecule has 0 amide bonds. The highest BCUT2D eigenvalue weighted by Crippen LogP contribution is 2.24. The lowest BCUT2D eigenvalue weighted by Crippen LogP contribution is -2.25. The van der Waals surface area contributed by atoms with Crippen molar-refractivity contribution in [2.24, 2.45) is 0 Å². The van der Waals surface area contributed by atoms with Gasteiger partial charge in [0.05, 0.1) is 17.0 Å². The van der Waals surface area contributed by atoms with E-state index < -0.39 is 5.97 Å². The molecule has 0 saturated heterocycles. The quantitative estimate of drug-likeness (QED) is 0.632. The number of aromatic nitrogens is 2. The number of hydrogen-bond donors (Lipinski definition) is 1. The first-order valence-corrected chi connectivity index (χ1v) is 8.95. The molecule has 2 aromatic heterocycles. The first-order chi connectivity index (χ1) is 12.6. The molecule has 5 nitrogen and oxygen atoms in total. The van der Waals surface area contributed by atoms with Crippen molar-refractivity contribution in [3.8, 4) is 0 Å². The number of carboxylic acids is 1. The Kier molecular flexibility index (Phi) is 6.09. The number of benzene rings is 1. The Morgan fingerprint density at radius 2 is 1.50 bits per heavy atom. The van der Waals surface area contributed by atoms with Gasteiger partial charge >= 0.3 is 5.97 Å². The molecule has 0 unspecified atom stereocenters. The molecule has 132 valence electrons. The summed E-state index contributed by atoms with van der Waals surface area (Å²) in [6.45, 7) is 1.66. The monoisotopic (exact) mass is 411 g/mol. The smallest absolute Gasteiger partial charge is 0.336 e. The molecular weight excluding hydrogens is 394 g/mol. The zero-order chi connectivity index (χ0) is 18.4. The summed E-state index contributed by atoms with van der Waals surface area (Å²) in [4.78, 5) is 22.5. The summed E-state index contributed by atoms with van der Waals surface area (Å²) in [6.07, 6.45) is 3.52. The van der Waals surface area contributed by atoms with Gasteiger partial charge in [-0.15, -0.1) is 0 Å². The molecule has 1 aromatic carbocycles. The Morgan fingerprint density at radius 3 is 2.00 bits per heavy atom. The zero-order valence-corrected chi connectivity index (χ0v) is 15.6. The zero-order valence-electron chi connectivity index (χ0n) is 14.0. The van der Waals surface area contributed by atoms with Crippen molar-refractivity contribution in [1.82, 2.24) is 14.9 Å². The summed E-state index contributed by atoms with van der Waals surface area (Å²) >= 11 is 3.49. The van der Waals surface area contributed by atoms with E-state index in [0.717, 1.165) is 21.4 Å². The van der Waals surface area contributed by atoms with Gasteiger partial charge in [-0.2, -0.15) is 0 Å². The minimum absolute atomic E-state index is 0.298. The van der Waals surface area contributed by atoms with Crippen molar-refractivity contribution in [2.75, 3.05) is 0 Å². The molecule has 3 rings (SSSR count). The standard InChI is InChI=1S/C20H18BrN3O2/c21-19-9-5-8-17(20(25)26)18(19)14-24(12-15-6-1-3-10-22-15)13-16-7-2-4-11-23-16/h1-11H,12-14H2,(H,25,26). The fourth-order valence-electron chi connectivity index (χ4n) is 2.75. The third-order valence-electron chi connectivity index (χ3n) is 3.95. The number of aromatic carboxylic acids is 1. The molecular formula is C20H18BrN3O2. The number of hydrogen-bond acceptors (Lipinski definition) is 4. The third kappa shape index (κ3) is 4.74. The maximum absolute atomic E-state index is 11.6. The van der Waals surface area contributed by atoms with Crippen LogP contribution in [0.15, 0.2) is 71.5 Å². The SMILES string of the molecule is O=C(O)c1cccc(Br)c1CN(Cc1ccccn1)Cc1ccccn1. The molecule has 0 fully saturated rings. The van der Waals surface area contributed by atoms with Crippen LogP contribution in [-0.2, 0) is 19.6 Å². The number of carbonyl (C=O) groups is 1. The van der Waals surface area contributed by atoms with Gasteiger partial charge in [-0.1, -0.05) is 34.1 Å². The molecule has 26 heavy (non-hydrogen) atoms. The van der Waals surface area contributed by atoms with Gasteiger partial charge in [-0.25, -0.2) is 4.79 Å². The lowest BCUT2D eigenvalue weighted by Gasteiger charge is -2.23. The summed E-state index contributed by atoms with van der Waals surface area (Å²) in [7, 11) is 0. The minimum atomic E-state index is -0.933. The summed E-state index contributed by atoms with van der Waals surface area (Å²) in [5.41, 5.74) is 2.89. The lowest BCUT2D eigenvalue weighted by atomic mass is 10.1. The highest BCUT2D eigenvalue weighted by molar-refractivity contribution is 9.10. The molecule has 2 heterocycles. The Morgan fingerprint density at radius 1 is 0.885 bits per heavy atom. The fourth-order valence-corrected chi connectivity index (χ4v) is 3.24. The normalized spacial score (nSPS) is 10.8. The van der Waals surface area contributed by atoms with E-state index >= 15 is 0 Å². The second kappa shape index (κ2) is 8.69. The van der Waals surface area contributed by atoms with Crippen molar-refractivity contribution in [3.05, 3.63) is 94.0 Å². The first-order valence-electron chi connectivity index (χ1n) is 8.16. The van der Waals surface area contributed by atoms with Crippen LogP contribution in [0.1, 0.15) is 27.3 Å². The van der Waals surface area contributed by atoms with Gasteiger partial charge in [-0.3, -0.25) is 14.9 Å². The second-order valence-corrected chi connectivity index (χ2v) is 6.71. The van der Waals surface area contributed by atoms with Crippen LogP contribution in [0.25, 0.3) is 0 Å². The van der Waals surface area contributed by atoms with Crippen LogP contribution in [0.4, 0.5) is 0 Å². The van der Waals surface area contributed by atoms with E-state index in [2.05, 4.69) is 30.8 Å². The van der Waals surface area contributed by atoms with Gasteiger partial charge < -0.3 is 5.11 Å². The van der Waals surface area contributed by atoms with Gasteiger partial charge in [-0.05, 0) is 42.0 Å². The van der Waals surface area contributed by atoms with Crippen LogP contribution >= 0.6 is 15.9 Å². The van der Waals surface area contributed by atoms with Crippen molar-refractivity contribution < 1.29 is 9.90 Å². The highest BCUT2D eigenvalue weighted by atomic mass is 79.9. The van der Waals surface area contributed by atoms with E-state index in [1.54, 1.807) is 24.5 Å².